The van der Waals surface area contributed by atoms with Crippen molar-refractivity contribution in [2.45, 2.75) is 33.1 Å². The Morgan fingerprint density at radius 1 is 1.36 bits per heavy atom. The molecule has 0 amide bonds. The van der Waals surface area contributed by atoms with Gasteiger partial charge in [0.1, 0.15) is 0 Å². The first-order chi connectivity index (χ1) is 6.59. The molecule has 0 saturated carbocycles. The number of rotatable bonds is 2. The zero-order valence-electron chi connectivity index (χ0n) is 9.43. The lowest BCUT2D eigenvalue weighted by molar-refractivity contribution is -0.154. The molecule has 1 N–H and O–H groups in total. The average Bonchev–Trinajstić information content (AvgIpc) is 2.44. The summed E-state index contributed by atoms with van der Waals surface area (Å²) in [5.74, 6) is 0.370. The molecular formula is C11H21NO2. The molecule has 3 heteroatoms. The number of ether oxygens (including phenoxy) is 1. The van der Waals surface area contributed by atoms with Crippen LogP contribution in [-0.2, 0) is 9.53 Å². The molecule has 82 valence electrons. The quantitative estimate of drug-likeness (QED) is 0.686. The molecule has 0 aliphatic carbocycles. The van der Waals surface area contributed by atoms with E-state index in [0.29, 0.717) is 5.92 Å². The number of hydrogen-bond acceptors (Lipinski definition) is 3. The molecule has 14 heavy (non-hydrogen) atoms. The van der Waals surface area contributed by atoms with Crippen LogP contribution in [0.25, 0.3) is 0 Å². The first-order valence-electron chi connectivity index (χ1n) is 5.38. The summed E-state index contributed by atoms with van der Waals surface area (Å²) in [4.78, 5) is 11.6. The van der Waals surface area contributed by atoms with Crippen LogP contribution >= 0.6 is 0 Å². The fourth-order valence-electron chi connectivity index (χ4n) is 2.17. The third kappa shape index (κ3) is 2.47. The summed E-state index contributed by atoms with van der Waals surface area (Å²) >= 11 is 0. The number of esters is 1. The van der Waals surface area contributed by atoms with Crippen LogP contribution in [0.4, 0.5) is 0 Å². The van der Waals surface area contributed by atoms with E-state index in [1.807, 2.05) is 13.8 Å². The van der Waals surface area contributed by atoms with E-state index in [2.05, 4.69) is 5.32 Å². The molecular weight excluding hydrogens is 178 g/mol. The second-order valence-electron chi connectivity index (χ2n) is 4.59. The van der Waals surface area contributed by atoms with Crippen LogP contribution in [0.1, 0.15) is 33.1 Å². The zero-order valence-corrected chi connectivity index (χ0v) is 9.43. The van der Waals surface area contributed by atoms with Crippen LogP contribution in [-0.4, -0.2) is 26.2 Å². The van der Waals surface area contributed by atoms with Crippen molar-refractivity contribution in [3.63, 3.8) is 0 Å². The van der Waals surface area contributed by atoms with Gasteiger partial charge in [-0.2, -0.15) is 0 Å². The highest BCUT2D eigenvalue weighted by Crippen LogP contribution is 2.34. The molecule has 1 atom stereocenters. The van der Waals surface area contributed by atoms with Gasteiger partial charge in [0.25, 0.3) is 0 Å². The van der Waals surface area contributed by atoms with Crippen LogP contribution in [0, 0.1) is 11.3 Å². The van der Waals surface area contributed by atoms with Gasteiger partial charge in [-0.1, -0.05) is 0 Å². The Balaban J connectivity index is 2.63. The molecule has 0 radical (unpaired) electrons. The molecule has 1 rings (SSSR count). The summed E-state index contributed by atoms with van der Waals surface area (Å²) in [5, 5.41) is 3.35. The van der Waals surface area contributed by atoms with Gasteiger partial charge in [0.15, 0.2) is 0 Å². The van der Waals surface area contributed by atoms with E-state index in [4.69, 9.17) is 4.74 Å². The van der Waals surface area contributed by atoms with Gasteiger partial charge in [-0.15, -0.1) is 0 Å². The lowest BCUT2D eigenvalue weighted by atomic mass is 9.75. The fourth-order valence-corrected chi connectivity index (χ4v) is 2.17. The molecule has 0 spiro atoms. The van der Waals surface area contributed by atoms with Gasteiger partial charge in [-0.05, 0) is 52.1 Å². The predicted octanol–water partition coefficient (Wildman–Crippen LogP) is 1.58. The van der Waals surface area contributed by atoms with Gasteiger partial charge < -0.3 is 10.1 Å². The van der Waals surface area contributed by atoms with Crippen molar-refractivity contribution in [1.29, 1.82) is 0 Å². The van der Waals surface area contributed by atoms with Crippen molar-refractivity contribution < 1.29 is 9.53 Å². The second kappa shape index (κ2) is 4.78. The van der Waals surface area contributed by atoms with E-state index in [1.165, 1.54) is 7.11 Å². The predicted molar refractivity (Wildman–Crippen MR) is 56.0 cm³/mol. The summed E-state index contributed by atoms with van der Waals surface area (Å²) in [6, 6.07) is 0. The third-order valence-electron chi connectivity index (χ3n) is 3.31. The van der Waals surface area contributed by atoms with Crippen LogP contribution in [0.2, 0.25) is 0 Å². The summed E-state index contributed by atoms with van der Waals surface area (Å²) in [6.07, 6.45) is 3.35. The van der Waals surface area contributed by atoms with Gasteiger partial charge in [0.2, 0.25) is 0 Å². The van der Waals surface area contributed by atoms with Crippen LogP contribution in [0.15, 0.2) is 0 Å². The first-order valence-corrected chi connectivity index (χ1v) is 5.38. The maximum absolute atomic E-state index is 11.6. The maximum atomic E-state index is 11.6. The van der Waals surface area contributed by atoms with Crippen LogP contribution in [0.3, 0.4) is 0 Å². The van der Waals surface area contributed by atoms with Crippen LogP contribution in [0.5, 0.6) is 0 Å². The highest BCUT2D eigenvalue weighted by molar-refractivity contribution is 5.76. The molecule has 1 aliphatic heterocycles. The Morgan fingerprint density at radius 2 is 2.07 bits per heavy atom. The average molecular weight is 199 g/mol. The largest absolute Gasteiger partial charge is 0.469 e. The van der Waals surface area contributed by atoms with Gasteiger partial charge in [0.05, 0.1) is 12.5 Å². The van der Waals surface area contributed by atoms with E-state index in [0.717, 1.165) is 32.4 Å². The Bertz CT molecular complexity index is 193. The topological polar surface area (TPSA) is 38.3 Å². The molecule has 0 aromatic heterocycles. The standard InChI is InChI=1S/C11H21NO2/c1-11(2,10(13)14-3)9-5-4-7-12-8-6-9/h9,12H,4-8H2,1-3H3. The third-order valence-corrected chi connectivity index (χ3v) is 3.31. The minimum atomic E-state index is -0.333. The van der Waals surface area contributed by atoms with Gasteiger partial charge in [-0.3, -0.25) is 4.79 Å². The van der Waals surface area contributed by atoms with Crippen molar-refractivity contribution >= 4 is 5.97 Å². The van der Waals surface area contributed by atoms with Crippen molar-refractivity contribution in [2.24, 2.45) is 11.3 Å². The number of nitrogens with one attached hydrogen (secondary N) is 1. The van der Waals surface area contributed by atoms with E-state index in [-0.39, 0.29) is 11.4 Å². The molecule has 3 nitrogen and oxygen atoms in total. The normalized spacial score (nSPS) is 24.1. The van der Waals surface area contributed by atoms with Crippen molar-refractivity contribution in [3.8, 4) is 0 Å². The number of methoxy groups -OCH3 is 1. The summed E-state index contributed by atoms with van der Waals surface area (Å²) in [7, 11) is 1.47. The molecule has 1 unspecified atom stereocenters. The first kappa shape index (κ1) is 11.5. The highest BCUT2D eigenvalue weighted by Gasteiger charge is 2.37. The van der Waals surface area contributed by atoms with Crippen molar-refractivity contribution in [2.75, 3.05) is 20.2 Å². The van der Waals surface area contributed by atoms with E-state index in [9.17, 15) is 4.79 Å². The monoisotopic (exact) mass is 199 g/mol. The molecule has 1 fully saturated rings. The minimum Gasteiger partial charge on any atom is -0.469 e. The second-order valence-corrected chi connectivity index (χ2v) is 4.59. The number of carbonyl (C=O) groups is 1. The molecule has 0 aromatic carbocycles. The molecule has 1 aliphatic rings. The van der Waals surface area contributed by atoms with Crippen molar-refractivity contribution in [3.05, 3.63) is 0 Å². The molecule has 0 bridgehead atoms. The SMILES string of the molecule is COC(=O)C(C)(C)C1CCCNCC1. The molecule has 0 aromatic rings. The van der Waals surface area contributed by atoms with Gasteiger partial charge in [0, 0.05) is 0 Å². The summed E-state index contributed by atoms with van der Waals surface area (Å²) in [5.41, 5.74) is -0.333. The van der Waals surface area contributed by atoms with E-state index in [1.54, 1.807) is 0 Å². The highest BCUT2D eigenvalue weighted by atomic mass is 16.5. The summed E-state index contributed by atoms with van der Waals surface area (Å²) in [6.45, 7) is 6.09. The molecule has 1 saturated heterocycles. The van der Waals surface area contributed by atoms with Gasteiger partial charge >= 0.3 is 5.97 Å². The lowest BCUT2D eigenvalue weighted by Crippen LogP contribution is -2.34. The Morgan fingerprint density at radius 3 is 2.71 bits per heavy atom. The Labute approximate surface area is 86.2 Å². The summed E-state index contributed by atoms with van der Waals surface area (Å²) < 4.78 is 4.85. The smallest absolute Gasteiger partial charge is 0.311 e. The number of hydrogen-bond donors (Lipinski definition) is 1. The van der Waals surface area contributed by atoms with Crippen molar-refractivity contribution in [1.82, 2.24) is 5.32 Å². The van der Waals surface area contributed by atoms with E-state index >= 15 is 0 Å². The minimum absolute atomic E-state index is 0.0793. The molecule has 1 heterocycles. The zero-order chi connectivity index (χ0) is 10.6. The Hall–Kier alpha value is -0.570. The fraction of sp³-hybridized carbons (Fsp3) is 0.909. The lowest BCUT2D eigenvalue weighted by Gasteiger charge is -2.30. The Kier molecular flexibility index (Phi) is 3.93. The van der Waals surface area contributed by atoms with E-state index < -0.39 is 0 Å². The number of carbonyl (C=O) groups excluding carboxylic acids is 1. The van der Waals surface area contributed by atoms with Gasteiger partial charge in [-0.25, -0.2) is 0 Å². The van der Waals surface area contributed by atoms with Crippen LogP contribution < -0.4 is 5.32 Å². The maximum Gasteiger partial charge on any atom is 0.311 e.